The average molecular weight is 319 g/mol. The van der Waals surface area contributed by atoms with E-state index < -0.39 is 0 Å². The van der Waals surface area contributed by atoms with E-state index in [1.807, 2.05) is 12.1 Å². The standard InChI is InChI=1S/C17H25N3O3/c21-13-17(9-1-2-10-17)18-14-7-11-19(12-8-14)15-3-5-16(6-4-15)20(22)23/h3-6,14,18,21H,1-2,7-13H2. The van der Waals surface area contributed by atoms with Crippen molar-refractivity contribution in [3.63, 3.8) is 0 Å². The zero-order valence-electron chi connectivity index (χ0n) is 13.4. The summed E-state index contributed by atoms with van der Waals surface area (Å²) in [6, 6.07) is 7.25. The lowest BCUT2D eigenvalue weighted by Gasteiger charge is -2.39. The monoisotopic (exact) mass is 319 g/mol. The number of nitro benzene ring substituents is 1. The number of anilines is 1. The third-order valence-corrected chi connectivity index (χ3v) is 5.29. The summed E-state index contributed by atoms with van der Waals surface area (Å²) in [6.07, 6.45) is 6.64. The van der Waals surface area contributed by atoms with Gasteiger partial charge >= 0.3 is 0 Å². The van der Waals surface area contributed by atoms with E-state index in [0.29, 0.717) is 6.04 Å². The molecule has 1 saturated heterocycles. The molecule has 1 aromatic carbocycles. The van der Waals surface area contributed by atoms with E-state index in [2.05, 4.69) is 10.2 Å². The van der Waals surface area contributed by atoms with Gasteiger partial charge in [-0.25, -0.2) is 0 Å². The minimum Gasteiger partial charge on any atom is -0.394 e. The van der Waals surface area contributed by atoms with Crippen molar-refractivity contribution in [2.75, 3.05) is 24.6 Å². The highest BCUT2D eigenvalue weighted by molar-refractivity contribution is 5.51. The van der Waals surface area contributed by atoms with Gasteiger partial charge in [0, 0.05) is 42.5 Å². The summed E-state index contributed by atoms with van der Waals surface area (Å²) in [6.45, 7) is 2.11. The molecule has 0 bridgehead atoms. The van der Waals surface area contributed by atoms with Crippen LogP contribution in [-0.4, -0.2) is 41.3 Å². The molecule has 2 aliphatic rings. The van der Waals surface area contributed by atoms with Crippen molar-refractivity contribution in [1.29, 1.82) is 0 Å². The van der Waals surface area contributed by atoms with Crippen molar-refractivity contribution in [3.8, 4) is 0 Å². The highest BCUT2D eigenvalue weighted by Crippen LogP contribution is 2.31. The molecule has 0 radical (unpaired) electrons. The molecule has 1 heterocycles. The number of piperidine rings is 1. The summed E-state index contributed by atoms with van der Waals surface area (Å²) in [4.78, 5) is 12.6. The van der Waals surface area contributed by atoms with Gasteiger partial charge in [-0.1, -0.05) is 12.8 Å². The van der Waals surface area contributed by atoms with Crippen LogP contribution in [0.3, 0.4) is 0 Å². The van der Waals surface area contributed by atoms with E-state index in [1.165, 1.54) is 12.8 Å². The molecule has 23 heavy (non-hydrogen) atoms. The number of non-ortho nitro benzene ring substituents is 1. The Morgan fingerprint density at radius 3 is 2.35 bits per heavy atom. The number of rotatable bonds is 5. The van der Waals surface area contributed by atoms with Crippen LogP contribution in [0.15, 0.2) is 24.3 Å². The number of hydrogen-bond acceptors (Lipinski definition) is 5. The molecule has 2 fully saturated rings. The first-order valence-corrected chi connectivity index (χ1v) is 8.50. The quantitative estimate of drug-likeness (QED) is 0.644. The van der Waals surface area contributed by atoms with Crippen molar-refractivity contribution in [1.82, 2.24) is 5.32 Å². The molecule has 0 aromatic heterocycles. The van der Waals surface area contributed by atoms with Gasteiger partial charge in [0.15, 0.2) is 0 Å². The van der Waals surface area contributed by atoms with Crippen LogP contribution in [0.1, 0.15) is 38.5 Å². The fraction of sp³-hybridized carbons (Fsp3) is 0.647. The van der Waals surface area contributed by atoms with Crippen molar-refractivity contribution in [2.45, 2.75) is 50.1 Å². The van der Waals surface area contributed by atoms with Crippen LogP contribution in [-0.2, 0) is 0 Å². The molecular weight excluding hydrogens is 294 g/mol. The maximum Gasteiger partial charge on any atom is 0.269 e. The number of nitro groups is 1. The van der Waals surface area contributed by atoms with Gasteiger partial charge in [0.1, 0.15) is 0 Å². The number of nitrogens with one attached hydrogen (secondary N) is 1. The zero-order valence-corrected chi connectivity index (χ0v) is 13.4. The van der Waals surface area contributed by atoms with Crippen LogP contribution in [0.2, 0.25) is 0 Å². The molecule has 6 nitrogen and oxygen atoms in total. The van der Waals surface area contributed by atoms with E-state index in [1.54, 1.807) is 12.1 Å². The summed E-state index contributed by atoms with van der Waals surface area (Å²) < 4.78 is 0. The molecule has 1 saturated carbocycles. The third-order valence-electron chi connectivity index (χ3n) is 5.29. The van der Waals surface area contributed by atoms with E-state index in [9.17, 15) is 15.2 Å². The predicted molar refractivity (Wildman–Crippen MR) is 89.8 cm³/mol. The second kappa shape index (κ2) is 6.84. The molecule has 0 spiro atoms. The normalized spacial score (nSPS) is 21.5. The minimum absolute atomic E-state index is 0.0554. The van der Waals surface area contributed by atoms with E-state index in [4.69, 9.17) is 0 Å². The molecule has 1 aliphatic carbocycles. The second-order valence-corrected chi connectivity index (χ2v) is 6.82. The Hall–Kier alpha value is -1.66. The van der Waals surface area contributed by atoms with Crippen molar-refractivity contribution < 1.29 is 10.0 Å². The molecule has 1 aliphatic heterocycles. The minimum atomic E-state index is -0.365. The zero-order chi connectivity index (χ0) is 16.3. The summed E-state index contributed by atoms with van der Waals surface area (Å²) >= 11 is 0. The lowest BCUT2D eigenvalue weighted by Crippen LogP contribution is -2.54. The van der Waals surface area contributed by atoms with Gasteiger partial charge in [0.05, 0.1) is 11.5 Å². The first-order chi connectivity index (χ1) is 11.1. The summed E-state index contributed by atoms with van der Waals surface area (Å²) in [5, 5.41) is 24.1. The number of hydrogen-bond donors (Lipinski definition) is 2. The molecule has 1 aromatic rings. The Morgan fingerprint density at radius 1 is 1.22 bits per heavy atom. The lowest BCUT2D eigenvalue weighted by atomic mass is 9.94. The predicted octanol–water partition coefficient (Wildman–Crippen LogP) is 2.46. The van der Waals surface area contributed by atoms with Crippen molar-refractivity contribution in [3.05, 3.63) is 34.4 Å². The Morgan fingerprint density at radius 2 is 1.83 bits per heavy atom. The maximum absolute atomic E-state index is 10.7. The largest absolute Gasteiger partial charge is 0.394 e. The number of aliphatic hydroxyl groups excluding tert-OH is 1. The van der Waals surface area contributed by atoms with Crippen LogP contribution in [0.5, 0.6) is 0 Å². The maximum atomic E-state index is 10.7. The van der Waals surface area contributed by atoms with Crippen LogP contribution in [0, 0.1) is 10.1 Å². The smallest absolute Gasteiger partial charge is 0.269 e. The van der Waals surface area contributed by atoms with Gasteiger partial charge < -0.3 is 15.3 Å². The average Bonchev–Trinajstić information content (AvgIpc) is 3.05. The highest BCUT2D eigenvalue weighted by atomic mass is 16.6. The highest BCUT2D eigenvalue weighted by Gasteiger charge is 2.35. The first kappa shape index (κ1) is 16.2. The number of aliphatic hydroxyl groups is 1. The number of nitrogens with zero attached hydrogens (tertiary/aromatic N) is 2. The van der Waals surface area contributed by atoms with E-state index in [0.717, 1.165) is 44.5 Å². The third kappa shape index (κ3) is 3.64. The Balaban J connectivity index is 1.54. The van der Waals surface area contributed by atoms with Crippen LogP contribution >= 0.6 is 0 Å². The number of benzene rings is 1. The van der Waals surface area contributed by atoms with Gasteiger partial charge in [0.2, 0.25) is 0 Å². The summed E-state index contributed by atoms with van der Waals surface area (Å²) in [7, 11) is 0. The van der Waals surface area contributed by atoms with E-state index >= 15 is 0 Å². The Labute approximate surface area is 136 Å². The van der Waals surface area contributed by atoms with Gasteiger partial charge in [-0.15, -0.1) is 0 Å². The molecule has 0 unspecified atom stereocenters. The van der Waals surface area contributed by atoms with Crippen LogP contribution in [0.25, 0.3) is 0 Å². The Bertz CT molecular complexity index is 533. The van der Waals surface area contributed by atoms with Gasteiger partial charge in [-0.05, 0) is 37.8 Å². The first-order valence-electron chi connectivity index (χ1n) is 8.50. The lowest BCUT2D eigenvalue weighted by molar-refractivity contribution is -0.384. The molecule has 0 atom stereocenters. The molecule has 126 valence electrons. The topological polar surface area (TPSA) is 78.6 Å². The Kier molecular flexibility index (Phi) is 4.82. The summed E-state index contributed by atoms with van der Waals surface area (Å²) in [5.41, 5.74) is 1.13. The van der Waals surface area contributed by atoms with Crippen molar-refractivity contribution in [2.24, 2.45) is 0 Å². The van der Waals surface area contributed by atoms with Gasteiger partial charge in [-0.3, -0.25) is 10.1 Å². The van der Waals surface area contributed by atoms with Crippen LogP contribution < -0.4 is 10.2 Å². The molecular formula is C17H25N3O3. The fourth-order valence-corrected chi connectivity index (χ4v) is 3.90. The van der Waals surface area contributed by atoms with Crippen molar-refractivity contribution >= 4 is 11.4 Å². The summed E-state index contributed by atoms with van der Waals surface area (Å²) in [5.74, 6) is 0. The molecule has 6 heteroatoms. The second-order valence-electron chi connectivity index (χ2n) is 6.82. The SMILES string of the molecule is O=[N+]([O-])c1ccc(N2CCC(NC3(CO)CCCC3)CC2)cc1. The van der Waals surface area contributed by atoms with Gasteiger partial charge in [-0.2, -0.15) is 0 Å². The van der Waals surface area contributed by atoms with Gasteiger partial charge in [0.25, 0.3) is 5.69 Å². The molecule has 0 amide bonds. The van der Waals surface area contributed by atoms with E-state index in [-0.39, 0.29) is 22.8 Å². The molecule has 2 N–H and O–H groups in total. The molecule has 3 rings (SSSR count). The van der Waals surface area contributed by atoms with Crippen LogP contribution in [0.4, 0.5) is 11.4 Å². The fourth-order valence-electron chi connectivity index (χ4n) is 3.90.